The molecule has 104 valence electrons. The van der Waals surface area contributed by atoms with Gasteiger partial charge in [0.25, 0.3) is 0 Å². The van der Waals surface area contributed by atoms with E-state index in [4.69, 9.17) is 4.74 Å². The molecular formula is C16H23NO2. The number of nitrogens with zero attached hydrogens (tertiary/aromatic N) is 1. The van der Waals surface area contributed by atoms with Crippen molar-refractivity contribution >= 4 is 0 Å². The second kappa shape index (κ2) is 5.41. The first-order chi connectivity index (χ1) is 9.25. The van der Waals surface area contributed by atoms with Crippen LogP contribution >= 0.6 is 0 Å². The number of fused-ring (bicyclic) bond motifs is 1. The van der Waals surface area contributed by atoms with Crippen LogP contribution in [0.4, 0.5) is 0 Å². The van der Waals surface area contributed by atoms with Gasteiger partial charge in [0.2, 0.25) is 0 Å². The smallest absolute Gasteiger partial charge is 0.127 e. The van der Waals surface area contributed by atoms with Gasteiger partial charge >= 0.3 is 0 Å². The molecular weight excluding hydrogens is 238 g/mol. The van der Waals surface area contributed by atoms with Gasteiger partial charge in [-0.15, -0.1) is 0 Å². The molecule has 1 fully saturated rings. The lowest BCUT2D eigenvalue weighted by Gasteiger charge is -2.31. The van der Waals surface area contributed by atoms with Crippen molar-refractivity contribution in [2.75, 3.05) is 13.7 Å². The van der Waals surface area contributed by atoms with E-state index < -0.39 is 0 Å². The molecule has 1 unspecified atom stereocenters. The fraction of sp³-hybridized carbons (Fsp3) is 0.625. The molecule has 1 aliphatic carbocycles. The van der Waals surface area contributed by atoms with Crippen LogP contribution in [0, 0.1) is 0 Å². The summed E-state index contributed by atoms with van der Waals surface area (Å²) in [5, 5.41) is 9.51. The average molecular weight is 261 g/mol. The van der Waals surface area contributed by atoms with E-state index >= 15 is 0 Å². The van der Waals surface area contributed by atoms with E-state index in [0.717, 1.165) is 5.75 Å². The van der Waals surface area contributed by atoms with E-state index in [1.165, 1.54) is 44.1 Å². The van der Waals surface area contributed by atoms with E-state index in [1.54, 1.807) is 12.1 Å². The molecule has 1 heterocycles. The van der Waals surface area contributed by atoms with E-state index in [9.17, 15) is 5.11 Å². The minimum Gasteiger partial charge on any atom is -0.508 e. The van der Waals surface area contributed by atoms with Gasteiger partial charge in [-0.25, -0.2) is 0 Å². The van der Waals surface area contributed by atoms with Gasteiger partial charge in [-0.3, -0.25) is 4.90 Å². The number of phenols is 1. The molecule has 1 saturated carbocycles. The number of phenolic OH excluding ortho intramolecular Hbond substituents is 1. The van der Waals surface area contributed by atoms with Crippen molar-refractivity contribution in [3.8, 4) is 11.5 Å². The average Bonchev–Trinajstić information content (AvgIpc) is 2.64. The molecule has 3 nitrogen and oxygen atoms in total. The highest BCUT2D eigenvalue weighted by molar-refractivity contribution is 5.44. The lowest BCUT2D eigenvalue weighted by atomic mass is 10.0. The lowest BCUT2D eigenvalue weighted by molar-refractivity contribution is 0.133. The monoisotopic (exact) mass is 261 g/mol. The lowest BCUT2D eigenvalue weighted by Crippen LogP contribution is -2.35. The van der Waals surface area contributed by atoms with Crippen LogP contribution in [0.1, 0.15) is 50.1 Å². The topological polar surface area (TPSA) is 32.7 Å². The third-order valence-corrected chi connectivity index (χ3v) is 4.65. The summed E-state index contributed by atoms with van der Waals surface area (Å²) in [5.74, 6) is 1.14. The van der Waals surface area contributed by atoms with Crippen molar-refractivity contribution in [3.05, 3.63) is 23.8 Å². The van der Waals surface area contributed by atoms with Crippen LogP contribution < -0.4 is 4.74 Å². The van der Waals surface area contributed by atoms with Crippen molar-refractivity contribution in [3.63, 3.8) is 0 Å². The molecule has 1 aliphatic heterocycles. The third-order valence-electron chi connectivity index (χ3n) is 4.65. The van der Waals surface area contributed by atoms with E-state index in [0.29, 0.717) is 18.7 Å². The Bertz CT molecular complexity index is 438. The van der Waals surface area contributed by atoms with Crippen molar-refractivity contribution < 1.29 is 9.84 Å². The van der Waals surface area contributed by atoms with Crippen LogP contribution in [0.15, 0.2) is 18.2 Å². The molecule has 0 radical (unpaired) electrons. The van der Waals surface area contributed by atoms with Crippen LogP contribution in [0.3, 0.4) is 0 Å². The zero-order valence-corrected chi connectivity index (χ0v) is 11.6. The number of hydrogen-bond acceptors (Lipinski definition) is 3. The van der Waals surface area contributed by atoms with Gasteiger partial charge in [0.05, 0.1) is 6.04 Å². The van der Waals surface area contributed by atoms with Crippen molar-refractivity contribution in [1.29, 1.82) is 0 Å². The number of benzene rings is 1. The SMILES string of the molecule is CN(C1CCCCCC1)C1COc2cc(O)ccc21. The fourth-order valence-corrected chi connectivity index (χ4v) is 3.44. The van der Waals surface area contributed by atoms with Crippen LogP contribution in [0.2, 0.25) is 0 Å². The van der Waals surface area contributed by atoms with Crippen LogP contribution in [-0.2, 0) is 0 Å². The molecule has 0 aromatic heterocycles. The second-order valence-electron chi connectivity index (χ2n) is 5.86. The van der Waals surface area contributed by atoms with Crippen molar-refractivity contribution in [2.24, 2.45) is 0 Å². The van der Waals surface area contributed by atoms with Gasteiger partial charge in [-0.1, -0.05) is 25.7 Å². The Hall–Kier alpha value is -1.22. The fourth-order valence-electron chi connectivity index (χ4n) is 3.44. The molecule has 0 amide bonds. The van der Waals surface area contributed by atoms with Crippen LogP contribution in [0.5, 0.6) is 11.5 Å². The number of aromatic hydroxyl groups is 1. The second-order valence-corrected chi connectivity index (χ2v) is 5.86. The van der Waals surface area contributed by atoms with Crippen molar-refractivity contribution in [1.82, 2.24) is 4.90 Å². The Morgan fingerprint density at radius 2 is 1.89 bits per heavy atom. The van der Waals surface area contributed by atoms with E-state index in [-0.39, 0.29) is 5.75 Å². The maximum atomic E-state index is 9.51. The minimum atomic E-state index is 0.288. The van der Waals surface area contributed by atoms with Crippen LogP contribution in [0.25, 0.3) is 0 Å². The Balaban J connectivity index is 1.76. The standard InChI is InChI=1S/C16H23NO2/c1-17(12-6-4-2-3-5-7-12)15-11-19-16-10-13(18)8-9-14(15)16/h8-10,12,15,18H,2-7,11H2,1H3. The summed E-state index contributed by atoms with van der Waals surface area (Å²) in [4.78, 5) is 2.49. The summed E-state index contributed by atoms with van der Waals surface area (Å²) >= 11 is 0. The molecule has 0 spiro atoms. The quantitative estimate of drug-likeness (QED) is 0.827. The number of rotatable bonds is 2. The summed E-state index contributed by atoms with van der Waals surface area (Å²) in [6, 6.07) is 6.53. The number of ether oxygens (including phenoxy) is 1. The zero-order chi connectivity index (χ0) is 13.2. The molecule has 3 rings (SSSR count). The van der Waals surface area contributed by atoms with E-state index in [2.05, 4.69) is 11.9 Å². The zero-order valence-electron chi connectivity index (χ0n) is 11.6. The first-order valence-electron chi connectivity index (χ1n) is 7.43. The highest BCUT2D eigenvalue weighted by atomic mass is 16.5. The molecule has 1 N–H and O–H groups in total. The molecule has 1 aromatic rings. The molecule has 0 saturated heterocycles. The Labute approximate surface area is 115 Å². The third kappa shape index (κ3) is 2.57. The summed E-state index contributed by atoms with van der Waals surface area (Å²) in [7, 11) is 2.23. The minimum absolute atomic E-state index is 0.288. The summed E-state index contributed by atoms with van der Waals surface area (Å²) in [5.41, 5.74) is 1.23. The number of likely N-dealkylation sites (N-methyl/N-ethyl adjacent to an activating group) is 1. The molecule has 19 heavy (non-hydrogen) atoms. The van der Waals surface area contributed by atoms with Gasteiger partial charge < -0.3 is 9.84 Å². The maximum absolute atomic E-state index is 9.51. The number of hydrogen-bond donors (Lipinski definition) is 1. The van der Waals surface area contributed by atoms with Gasteiger partial charge in [-0.2, -0.15) is 0 Å². The normalized spacial score (nSPS) is 24.0. The first-order valence-corrected chi connectivity index (χ1v) is 7.43. The van der Waals surface area contributed by atoms with Gasteiger partial charge in [0.1, 0.15) is 18.1 Å². The molecule has 2 aliphatic rings. The van der Waals surface area contributed by atoms with E-state index in [1.807, 2.05) is 6.07 Å². The molecule has 1 atom stereocenters. The van der Waals surface area contributed by atoms with Gasteiger partial charge in [0.15, 0.2) is 0 Å². The highest BCUT2D eigenvalue weighted by Crippen LogP contribution is 2.39. The Morgan fingerprint density at radius 3 is 2.63 bits per heavy atom. The Kier molecular flexibility index (Phi) is 3.65. The van der Waals surface area contributed by atoms with Gasteiger partial charge in [-0.05, 0) is 32.0 Å². The maximum Gasteiger partial charge on any atom is 0.127 e. The summed E-state index contributed by atoms with van der Waals surface area (Å²) < 4.78 is 5.73. The molecule has 3 heteroatoms. The van der Waals surface area contributed by atoms with Crippen LogP contribution in [-0.4, -0.2) is 29.7 Å². The predicted octanol–water partition coefficient (Wildman–Crippen LogP) is 3.48. The summed E-state index contributed by atoms with van der Waals surface area (Å²) in [6.07, 6.45) is 8.09. The molecule has 1 aromatic carbocycles. The highest BCUT2D eigenvalue weighted by Gasteiger charge is 2.31. The largest absolute Gasteiger partial charge is 0.508 e. The predicted molar refractivity (Wildman–Crippen MR) is 75.6 cm³/mol. The first kappa shape index (κ1) is 12.8. The Morgan fingerprint density at radius 1 is 1.16 bits per heavy atom. The van der Waals surface area contributed by atoms with Crippen molar-refractivity contribution in [2.45, 2.75) is 50.6 Å². The summed E-state index contributed by atoms with van der Waals surface area (Å²) in [6.45, 7) is 0.714. The van der Waals surface area contributed by atoms with Gasteiger partial charge in [0, 0.05) is 17.7 Å². The molecule has 0 bridgehead atoms.